The first kappa shape index (κ1) is 25.0. The van der Waals surface area contributed by atoms with E-state index in [-0.39, 0.29) is 24.1 Å². The van der Waals surface area contributed by atoms with Crippen LogP contribution in [0.2, 0.25) is 0 Å². The Kier molecular flexibility index (Phi) is 8.11. The molecule has 0 aliphatic rings. The maximum atomic E-state index is 12.6. The van der Waals surface area contributed by atoms with Gasteiger partial charge in [0, 0.05) is 5.69 Å². The second-order valence-electron chi connectivity index (χ2n) is 6.75. The maximum absolute atomic E-state index is 12.6. The van der Waals surface area contributed by atoms with Crippen LogP contribution >= 0.6 is 0 Å². The Labute approximate surface area is 179 Å². The van der Waals surface area contributed by atoms with Crippen molar-refractivity contribution in [1.29, 1.82) is 0 Å². The number of rotatable bonds is 8. The molecule has 1 heterocycles. The van der Waals surface area contributed by atoms with Crippen LogP contribution in [0, 0.1) is 5.92 Å². The summed E-state index contributed by atoms with van der Waals surface area (Å²) in [6, 6.07) is 3.73. The molecule has 0 aliphatic heterocycles. The van der Waals surface area contributed by atoms with Gasteiger partial charge in [0.2, 0.25) is 17.7 Å². The molecule has 7 nitrogen and oxygen atoms in total. The molecule has 1 unspecified atom stereocenters. The van der Waals surface area contributed by atoms with E-state index in [9.17, 15) is 31.1 Å². The second kappa shape index (κ2) is 10.4. The number of nitrogens with zero attached hydrogens (tertiary/aromatic N) is 2. The number of urea groups is 1. The number of amides is 2. The van der Waals surface area contributed by atoms with E-state index in [1.54, 1.807) is 0 Å². The Morgan fingerprint density at radius 3 is 2.12 bits per heavy atom. The monoisotopic (exact) mass is 466 g/mol. The van der Waals surface area contributed by atoms with Crippen LogP contribution in [0.15, 0.2) is 30.3 Å². The summed E-state index contributed by atoms with van der Waals surface area (Å²) in [6.07, 6.45) is -8.36. The number of ether oxygens (including phenoxy) is 2. The molecular formula is C19H20F6N4O3. The number of benzene rings is 1. The molecule has 1 atom stereocenters. The maximum Gasteiger partial charge on any atom is 0.422 e. The normalized spacial score (nSPS) is 12.8. The number of aromatic nitrogens is 2. The van der Waals surface area contributed by atoms with Gasteiger partial charge in [-0.25, -0.2) is 4.79 Å². The van der Waals surface area contributed by atoms with Gasteiger partial charge in [0.15, 0.2) is 6.61 Å². The first-order valence-electron chi connectivity index (χ1n) is 9.32. The van der Waals surface area contributed by atoms with E-state index in [1.165, 1.54) is 0 Å². The minimum atomic E-state index is -4.61. The summed E-state index contributed by atoms with van der Waals surface area (Å²) in [5.41, 5.74) is -0.863. The second-order valence-corrected chi connectivity index (χ2v) is 6.75. The number of carbonyl (C=O) groups excluding carboxylic acids is 1. The SMILES string of the molecule is CCC(C)COc1cc(OCC(F)(F)F)nc(NC(=O)Nc2ccc(C(F)(F)F)cc2)n1. The highest BCUT2D eigenvalue weighted by atomic mass is 19.4. The van der Waals surface area contributed by atoms with Gasteiger partial charge in [-0.3, -0.25) is 5.32 Å². The van der Waals surface area contributed by atoms with Crippen LogP contribution in [0.1, 0.15) is 25.8 Å². The summed E-state index contributed by atoms with van der Waals surface area (Å²) in [5.74, 6) is -0.902. The molecule has 0 spiro atoms. The third-order valence-corrected chi connectivity index (χ3v) is 3.97. The zero-order valence-corrected chi connectivity index (χ0v) is 17.0. The minimum Gasteiger partial charge on any atom is -0.477 e. The van der Waals surface area contributed by atoms with E-state index < -0.39 is 42.4 Å². The number of halogens is 6. The average Bonchev–Trinajstić information content (AvgIpc) is 2.69. The summed E-state index contributed by atoms with van der Waals surface area (Å²) in [5, 5.41) is 4.44. The lowest BCUT2D eigenvalue weighted by Crippen LogP contribution is -2.22. The molecule has 2 N–H and O–H groups in total. The molecule has 0 aliphatic carbocycles. The van der Waals surface area contributed by atoms with Gasteiger partial charge in [-0.2, -0.15) is 36.3 Å². The van der Waals surface area contributed by atoms with E-state index >= 15 is 0 Å². The van der Waals surface area contributed by atoms with Gasteiger partial charge in [-0.05, 0) is 30.2 Å². The van der Waals surface area contributed by atoms with Crippen LogP contribution in [0.25, 0.3) is 0 Å². The number of nitrogens with one attached hydrogen (secondary N) is 2. The van der Waals surface area contributed by atoms with E-state index in [0.29, 0.717) is 0 Å². The predicted molar refractivity (Wildman–Crippen MR) is 103 cm³/mol. The van der Waals surface area contributed by atoms with Crippen molar-refractivity contribution in [3.8, 4) is 11.8 Å². The van der Waals surface area contributed by atoms with Crippen LogP contribution in [-0.4, -0.2) is 35.4 Å². The fourth-order valence-corrected chi connectivity index (χ4v) is 2.12. The molecule has 32 heavy (non-hydrogen) atoms. The van der Waals surface area contributed by atoms with Crippen molar-refractivity contribution in [2.24, 2.45) is 5.92 Å². The largest absolute Gasteiger partial charge is 0.477 e. The van der Waals surface area contributed by atoms with Crippen molar-refractivity contribution in [3.63, 3.8) is 0 Å². The minimum absolute atomic E-state index is 0.0354. The number of alkyl halides is 6. The van der Waals surface area contributed by atoms with Crippen molar-refractivity contribution in [1.82, 2.24) is 9.97 Å². The molecule has 176 valence electrons. The number of anilines is 2. The molecule has 13 heteroatoms. The lowest BCUT2D eigenvalue weighted by atomic mass is 10.1. The molecule has 0 saturated carbocycles. The molecule has 0 saturated heterocycles. The van der Waals surface area contributed by atoms with Crippen molar-refractivity contribution < 1.29 is 40.6 Å². The molecule has 2 aromatic rings. The lowest BCUT2D eigenvalue weighted by molar-refractivity contribution is -0.154. The standard InChI is InChI=1S/C19H20F6N4O3/c1-3-11(2)9-31-14-8-15(32-10-18(20,21)22)28-16(27-14)29-17(30)26-13-6-4-12(5-7-13)19(23,24)25/h4-8,11H,3,9-10H2,1-2H3,(H2,26,27,28,29,30). The van der Waals surface area contributed by atoms with Gasteiger partial charge in [0.05, 0.1) is 18.2 Å². The fourth-order valence-electron chi connectivity index (χ4n) is 2.12. The third-order valence-electron chi connectivity index (χ3n) is 3.97. The quantitative estimate of drug-likeness (QED) is 0.502. The van der Waals surface area contributed by atoms with E-state index in [0.717, 1.165) is 36.8 Å². The van der Waals surface area contributed by atoms with Gasteiger partial charge in [0.1, 0.15) is 0 Å². The molecule has 0 bridgehead atoms. The van der Waals surface area contributed by atoms with E-state index in [2.05, 4.69) is 25.3 Å². The summed E-state index contributed by atoms with van der Waals surface area (Å²) in [4.78, 5) is 19.7. The predicted octanol–water partition coefficient (Wildman–Crippen LogP) is 5.51. The van der Waals surface area contributed by atoms with Crippen LogP contribution in [0.5, 0.6) is 11.8 Å². The topological polar surface area (TPSA) is 85.4 Å². The Balaban J connectivity index is 2.12. The first-order valence-corrected chi connectivity index (χ1v) is 9.32. The van der Waals surface area contributed by atoms with Gasteiger partial charge in [-0.1, -0.05) is 20.3 Å². The summed E-state index contributed by atoms with van der Waals surface area (Å²) >= 11 is 0. The summed E-state index contributed by atoms with van der Waals surface area (Å²) in [7, 11) is 0. The first-order chi connectivity index (χ1) is 14.9. The Bertz CT molecular complexity index is 903. The van der Waals surface area contributed by atoms with Crippen molar-refractivity contribution in [2.45, 2.75) is 32.6 Å². The van der Waals surface area contributed by atoms with Crippen LogP contribution in [0.3, 0.4) is 0 Å². The average molecular weight is 466 g/mol. The molecule has 0 radical (unpaired) electrons. The molecule has 1 aromatic heterocycles. The Morgan fingerprint density at radius 1 is 1.00 bits per heavy atom. The molecule has 2 amide bonds. The van der Waals surface area contributed by atoms with Crippen LogP contribution < -0.4 is 20.1 Å². The fraction of sp³-hybridized carbons (Fsp3) is 0.421. The smallest absolute Gasteiger partial charge is 0.422 e. The molecule has 2 rings (SSSR count). The van der Waals surface area contributed by atoms with Crippen LogP contribution in [0.4, 0.5) is 42.8 Å². The highest BCUT2D eigenvalue weighted by Crippen LogP contribution is 2.30. The lowest BCUT2D eigenvalue weighted by Gasteiger charge is -2.14. The zero-order chi connectivity index (χ0) is 23.9. The number of carbonyl (C=O) groups is 1. The van der Waals surface area contributed by atoms with Gasteiger partial charge in [0.25, 0.3) is 0 Å². The van der Waals surface area contributed by atoms with Crippen LogP contribution in [-0.2, 0) is 6.18 Å². The highest BCUT2D eigenvalue weighted by Gasteiger charge is 2.30. The molecule has 0 fully saturated rings. The number of hydrogen-bond donors (Lipinski definition) is 2. The Hall–Kier alpha value is -3.25. The van der Waals surface area contributed by atoms with E-state index in [4.69, 9.17) is 4.74 Å². The number of hydrogen-bond acceptors (Lipinski definition) is 5. The zero-order valence-electron chi connectivity index (χ0n) is 17.0. The Morgan fingerprint density at radius 2 is 1.59 bits per heavy atom. The summed E-state index contributed by atoms with van der Waals surface area (Å²) in [6.45, 7) is 2.40. The van der Waals surface area contributed by atoms with Gasteiger partial charge in [-0.15, -0.1) is 0 Å². The van der Waals surface area contributed by atoms with Crippen molar-refractivity contribution in [2.75, 3.05) is 23.8 Å². The van der Waals surface area contributed by atoms with Crippen molar-refractivity contribution >= 4 is 17.7 Å². The van der Waals surface area contributed by atoms with Gasteiger partial charge < -0.3 is 14.8 Å². The van der Waals surface area contributed by atoms with E-state index in [1.807, 2.05) is 13.8 Å². The summed E-state index contributed by atoms with van der Waals surface area (Å²) < 4.78 is 85.2. The third kappa shape index (κ3) is 8.47. The molecule has 1 aromatic carbocycles. The highest BCUT2D eigenvalue weighted by molar-refractivity contribution is 5.98. The van der Waals surface area contributed by atoms with Gasteiger partial charge >= 0.3 is 18.4 Å². The van der Waals surface area contributed by atoms with Crippen molar-refractivity contribution in [3.05, 3.63) is 35.9 Å². The molecular weight excluding hydrogens is 446 g/mol.